The van der Waals surface area contributed by atoms with Gasteiger partial charge in [-0.25, -0.2) is 4.98 Å². The number of anilines is 2. The predicted molar refractivity (Wildman–Crippen MR) is 114 cm³/mol. The molecule has 27 heavy (non-hydrogen) atoms. The molecule has 7 heteroatoms. The van der Waals surface area contributed by atoms with E-state index in [1.807, 2.05) is 29.7 Å². The van der Waals surface area contributed by atoms with Gasteiger partial charge < -0.3 is 10.2 Å². The molecule has 0 radical (unpaired) electrons. The van der Waals surface area contributed by atoms with E-state index in [-0.39, 0.29) is 5.91 Å². The summed E-state index contributed by atoms with van der Waals surface area (Å²) in [4.78, 5) is 21.7. The van der Waals surface area contributed by atoms with E-state index in [0.29, 0.717) is 16.6 Å². The van der Waals surface area contributed by atoms with E-state index >= 15 is 0 Å². The van der Waals surface area contributed by atoms with Gasteiger partial charge in [0, 0.05) is 44.0 Å². The Morgan fingerprint density at radius 3 is 2.74 bits per heavy atom. The Morgan fingerprint density at radius 1 is 1.37 bits per heavy atom. The summed E-state index contributed by atoms with van der Waals surface area (Å²) < 4.78 is 0. The molecular formula is C20H25ClN4OS. The molecule has 1 saturated heterocycles. The topological polar surface area (TPSA) is 48.5 Å². The average molecular weight is 405 g/mol. The van der Waals surface area contributed by atoms with Crippen LogP contribution in [0.1, 0.15) is 35.3 Å². The number of carbonyl (C=O) groups is 1. The summed E-state index contributed by atoms with van der Waals surface area (Å²) in [6.45, 7) is 12.4. The van der Waals surface area contributed by atoms with Crippen LogP contribution in [0.25, 0.3) is 0 Å². The second-order valence-electron chi connectivity index (χ2n) is 6.89. The number of piperazine rings is 1. The molecule has 5 nitrogen and oxygen atoms in total. The molecule has 0 aliphatic carbocycles. The summed E-state index contributed by atoms with van der Waals surface area (Å²) in [6, 6.07) is 5.61. The maximum atomic E-state index is 12.7. The van der Waals surface area contributed by atoms with Gasteiger partial charge in [0.25, 0.3) is 5.91 Å². The maximum Gasteiger partial charge on any atom is 0.275 e. The number of thiazole rings is 1. The number of hydrogen-bond acceptors (Lipinski definition) is 5. The van der Waals surface area contributed by atoms with Crippen molar-refractivity contribution in [2.75, 3.05) is 42.9 Å². The van der Waals surface area contributed by atoms with Gasteiger partial charge in [0.1, 0.15) is 5.69 Å². The highest BCUT2D eigenvalue weighted by molar-refractivity contribution is 7.09. The van der Waals surface area contributed by atoms with Crippen molar-refractivity contribution in [3.63, 3.8) is 0 Å². The van der Waals surface area contributed by atoms with Crippen LogP contribution in [-0.4, -0.2) is 48.5 Å². The van der Waals surface area contributed by atoms with Crippen LogP contribution < -0.4 is 10.2 Å². The summed E-state index contributed by atoms with van der Waals surface area (Å²) in [5, 5.41) is 6.42. The zero-order valence-corrected chi connectivity index (χ0v) is 17.3. The molecule has 0 saturated carbocycles. The first kappa shape index (κ1) is 19.9. The molecule has 2 heterocycles. The van der Waals surface area contributed by atoms with E-state index in [0.717, 1.165) is 49.1 Å². The van der Waals surface area contributed by atoms with E-state index in [1.54, 1.807) is 0 Å². The molecule has 0 bridgehead atoms. The van der Waals surface area contributed by atoms with Crippen LogP contribution in [0.3, 0.4) is 0 Å². The number of amides is 1. The number of nitrogens with one attached hydrogen (secondary N) is 1. The van der Waals surface area contributed by atoms with E-state index in [1.165, 1.54) is 11.3 Å². The van der Waals surface area contributed by atoms with Crippen LogP contribution in [0.2, 0.25) is 5.02 Å². The lowest BCUT2D eigenvalue weighted by Gasteiger charge is -2.36. The van der Waals surface area contributed by atoms with Gasteiger partial charge >= 0.3 is 0 Å². The molecule has 1 aromatic carbocycles. The molecule has 1 aromatic heterocycles. The molecule has 1 fully saturated rings. The van der Waals surface area contributed by atoms with Crippen molar-refractivity contribution in [3.8, 4) is 0 Å². The normalized spacial score (nSPS) is 15.2. The Hall–Kier alpha value is -1.89. The monoisotopic (exact) mass is 404 g/mol. The highest BCUT2D eigenvalue weighted by Crippen LogP contribution is 2.35. The lowest BCUT2D eigenvalue weighted by atomic mass is 10.2. The molecule has 1 amide bonds. The van der Waals surface area contributed by atoms with Crippen LogP contribution in [0.5, 0.6) is 0 Å². The predicted octanol–water partition coefficient (Wildman–Crippen LogP) is 4.48. The van der Waals surface area contributed by atoms with E-state index in [2.05, 4.69) is 40.5 Å². The quantitative estimate of drug-likeness (QED) is 0.721. The number of benzene rings is 1. The highest BCUT2D eigenvalue weighted by Gasteiger charge is 2.22. The third-order valence-electron chi connectivity index (χ3n) is 4.56. The summed E-state index contributed by atoms with van der Waals surface area (Å²) in [5.74, 6) is 0.108. The standard InChI is InChI=1S/C20H25ClN4OS/c1-4-8-24-9-11-25(12-10-24)18-15(21)6-5-7-16(18)22-19(26)17-13-27-20(23-17)14(2)3/h4-7,13-14H,1,8-12H2,2-3H3,(H,22,26). The fraction of sp³-hybridized carbons (Fsp3) is 0.400. The molecule has 0 unspecified atom stereocenters. The Labute approximate surface area is 169 Å². The van der Waals surface area contributed by atoms with Crippen molar-refractivity contribution >= 4 is 40.2 Å². The Bertz CT molecular complexity index is 812. The number of hydrogen-bond donors (Lipinski definition) is 1. The SMILES string of the molecule is C=CCN1CCN(c2c(Cl)cccc2NC(=O)c2csc(C(C)C)n2)CC1. The molecule has 0 spiro atoms. The van der Waals surface area contributed by atoms with E-state index < -0.39 is 0 Å². The molecule has 1 aliphatic heterocycles. The van der Waals surface area contributed by atoms with Crippen molar-refractivity contribution in [2.45, 2.75) is 19.8 Å². The lowest BCUT2D eigenvalue weighted by Crippen LogP contribution is -2.46. The Kier molecular flexibility index (Phi) is 6.52. The molecule has 144 valence electrons. The number of aromatic nitrogens is 1. The number of halogens is 1. The van der Waals surface area contributed by atoms with Crippen molar-refractivity contribution < 1.29 is 4.79 Å². The Morgan fingerprint density at radius 2 is 2.11 bits per heavy atom. The van der Waals surface area contributed by atoms with Crippen molar-refractivity contribution in [2.24, 2.45) is 0 Å². The van der Waals surface area contributed by atoms with Crippen LogP contribution >= 0.6 is 22.9 Å². The van der Waals surface area contributed by atoms with Gasteiger partial charge in [0.05, 0.1) is 21.4 Å². The van der Waals surface area contributed by atoms with Gasteiger partial charge in [-0.2, -0.15) is 0 Å². The number of rotatable bonds is 6. The minimum atomic E-state index is -0.202. The second kappa shape index (κ2) is 8.87. The first-order valence-corrected chi connectivity index (χ1v) is 10.4. The zero-order valence-electron chi connectivity index (χ0n) is 15.7. The number of para-hydroxylation sites is 1. The molecule has 3 rings (SSSR count). The number of nitrogens with zero attached hydrogens (tertiary/aromatic N) is 3. The zero-order chi connectivity index (χ0) is 19.4. The minimum Gasteiger partial charge on any atom is -0.366 e. The van der Waals surface area contributed by atoms with Gasteiger partial charge in [-0.15, -0.1) is 17.9 Å². The molecule has 2 aromatic rings. The van der Waals surface area contributed by atoms with E-state index in [4.69, 9.17) is 11.6 Å². The third kappa shape index (κ3) is 4.69. The first-order chi connectivity index (χ1) is 13.0. The fourth-order valence-electron chi connectivity index (χ4n) is 3.12. The van der Waals surface area contributed by atoms with Crippen LogP contribution in [0.4, 0.5) is 11.4 Å². The molecular weight excluding hydrogens is 380 g/mol. The van der Waals surface area contributed by atoms with Gasteiger partial charge in [-0.05, 0) is 12.1 Å². The average Bonchev–Trinajstić information content (AvgIpc) is 3.14. The first-order valence-electron chi connectivity index (χ1n) is 9.13. The van der Waals surface area contributed by atoms with Crippen molar-refractivity contribution in [1.82, 2.24) is 9.88 Å². The van der Waals surface area contributed by atoms with Crippen LogP contribution in [0, 0.1) is 0 Å². The lowest BCUT2D eigenvalue weighted by molar-refractivity contribution is 0.102. The largest absolute Gasteiger partial charge is 0.366 e. The van der Waals surface area contributed by atoms with Gasteiger partial charge in [0.15, 0.2) is 0 Å². The summed E-state index contributed by atoms with van der Waals surface area (Å²) in [7, 11) is 0. The Balaban J connectivity index is 1.77. The van der Waals surface area contributed by atoms with Gasteiger partial charge in [-0.1, -0.05) is 37.6 Å². The number of carbonyl (C=O) groups excluding carboxylic acids is 1. The van der Waals surface area contributed by atoms with Crippen LogP contribution in [-0.2, 0) is 0 Å². The summed E-state index contributed by atoms with van der Waals surface area (Å²) >= 11 is 8.01. The van der Waals surface area contributed by atoms with Crippen molar-refractivity contribution in [1.29, 1.82) is 0 Å². The fourth-order valence-corrected chi connectivity index (χ4v) is 4.23. The smallest absolute Gasteiger partial charge is 0.275 e. The molecule has 1 aliphatic rings. The maximum absolute atomic E-state index is 12.7. The second-order valence-corrected chi connectivity index (χ2v) is 8.19. The van der Waals surface area contributed by atoms with Crippen molar-refractivity contribution in [3.05, 3.63) is 52.0 Å². The van der Waals surface area contributed by atoms with Gasteiger partial charge in [0.2, 0.25) is 0 Å². The minimum absolute atomic E-state index is 0.202. The molecule has 0 atom stereocenters. The summed E-state index contributed by atoms with van der Waals surface area (Å²) in [6.07, 6.45) is 1.93. The highest BCUT2D eigenvalue weighted by atomic mass is 35.5. The molecule has 1 N–H and O–H groups in total. The third-order valence-corrected chi connectivity index (χ3v) is 6.01. The van der Waals surface area contributed by atoms with Crippen LogP contribution in [0.15, 0.2) is 36.2 Å². The van der Waals surface area contributed by atoms with Gasteiger partial charge in [-0.3, -0.25) is 9.69 Å². The van der Waals surface area contributed by atoms with E-state index in [9.17, 15) is 4.79 Å². The summed E-state index contributed by atoms with van der Waals surface area (Å²) in [5.41, 5.74) is 2.05.